The highest BCUT2D eigenvalue weighted by molar-refractivity contribution is 5.80. The Morgan fingerprint density at radius 1 is 1.67 bits per heavy atom. The molecule has 5 atom stereocenters. The summed E-state index contributed by atoms with van der Waals surface area (Å²) in [5.74, 6) is -0.769. The normalized spacial score (nSPS) is 47.9. The zero-order chi connectivity index (χ0) is 11.2. The first-order valence-corrected chi connectivity index (χ1v) is 5.13. The Labute approximate surface area is 88.9 Å². The van der Waals surface area contributed by atoms with Crippen LogP contribution in [0.5, 0.6) is 0 Å². The SMILES string of the molecule is C=C[C@@H]1[C@H]2O[C@H]2[C@H](C)C[C@]1(O)C(=O)OC. The molecule has 84 valence electrons. The van der Waals surface area contributed by atoms with Crippen LogP contribution in [-0.4, -0.2) is 36.0 Å². The summed E-state index contributed by atoms with van der Waals surface area (Å²) >= 11 is 0. The molecule has 15 heavy (non-hydrogen) atoms. The minimum absolute atomic E-state index is 0.0737. The minimum Gasteiger partial charge on any atom is -0.467 e. The van der Waals surface area contributed by atoms with Crippen molar-refractivity contribution in [2.24, 2.45) is 11.8 Å². The second kappa shape index (κ2) is 3.32. The topological polar surface area (TPSA) is 59.1 Å². The molecule has 4 heteroatoms. The van der Waals surface area contributed by atoms with E-state index in [0.29, 0.717) is 6.42 Å². The zero-order valence-electron chi connectivity index (χ0n) is 8.97. The first-order chi connectivity index (χ1) is 7.04. The smallest absolute Gasteiger partial charge is 0.338 e. The van der Waals surface area contributed by atoms with Gasteiger partial charge in [-0.05, 0) is 12.3 Å². The maximum absolute atomic E-state index is 11.6. The van der Waals surface area contributed by atoms with Crippen LogP contribution in [0.2, 0.25) is 0 Å². The van der Waals surface area contributed by atoms with Crippen LogP contribution in [0.25, 0.3) is 0 Å². The van der Waals surface area contributed by atoms with Gasteiger partial charge in [0.05, 0.1) is 19.3 Å². The molecule has 0 spiro atoms. The van der Waals surface area contributed by atoms with Crippen molar-refractivity contribution in [2.45, 2.75) is 31.2 Å². The molecule has 1 aliphatic heterocycles. The molecule has 1 heterocycles. The first kappa shape index (κ1) is 10.6. The van der Waals surface area contributed by atoms with Crippen LogP contribution >= 0.6 is 0 Å². The van der Waals surface area contributed by atoms with E-state index in [0.717, 1.165) is 0 Å². The third-order valence-electron chi connectivity index (χ3n) is 3.45. The minimum atomic E-state index is -1.46. The number of carbonyl (C=O) groups excluding carboxylic acids is 1. The molecule has 1 saturated heterocycles. The van der Waals surface area contributed by atoms with E-state index >= 15 is 0 Å². The van der Waals surface area contributed by atoms with Gasteiger partial charge in [0.1, 0.15) is 0 Å². The number of fused-ring (bicyclic) bond motifs is 1. The van der Waals surface area contributed by atoms with Crippen molar-refractivity contribution < 1.29 is 19.4 Å². The number of methoxy groups -OCH3 is 1. The maximum Gasteiger partial charge on any atom is 0.338 e. The fourth-order valence-corrected chi connectivity index (χ4v) is 2.62. The van der Waals surface area contributed by atoms with Crippen molar-refractivity contribution in [3.63, 3.8) is 0 Å². The molecule has 2 rings (SSSR count). The Morgan fingerprint density at radius 3 is 2.87 bits per heavy atom. The Hall–Kier alpha value is -0.870. The van der Waals surface area contributed by atoms with E-state index in [-0.39, 0.29) is 24.0 Å². The molecule has 1 aliphatic carbocycles. The molecular weight excluding hydrogens is 196 g/mol. The summed E-state index contributed by atoms with van der Waals surface area (Å²) in [6.07, 6.45) is 2.05. The lowest BCUT2D eigenvalue weighted by atomic mass is 9.71. The van der Waals surface area contributed by atoms with Crippen LogP contribution in [0, 0.1) is 11.8 Å². The fourth-order valence-electron chi connectivity index (χ4n) is 2.62. The average Bonchev–Trinajstić information content (AvgIpc) is 2.97. The van der Waals surface area contributed by atoms with Gasteiger partial charge in [-0.15, -0.1) is 6.58 Å². The number of esters is 1. The Morgan fingerprint density at radius 2 is 2.33 bits per heavy atom. The van der Waals surface area contributed by atoms with Crippen molar-refractivity contribution in [2.75, 3.05) is 7.11 Å². The highest BCUT2D eigenvalue weighted by Crippen LogP contribution is 2.49. The third kappa shape index (κ3) is 1.40. The van der Waals surface area contributed by atoms with Crippen LogP contribution in [0.1, 0.15) is 13.3 Å². The standard InChI is InChI=1S/C11H16O4/c1-4-7-9-8(15-9)6(2)5-11(7,13)10(12)14-3/h4,6-9,13H,1,5H2,2-3H3/t6-,7-,8+,9-,11-/m1/s1. The number of aliphatic hydroxyl groups is 1. The van der Waals surface area contributed by atoms with E-state index in [1.54, 1.807) is 6.08 Å². The van der Waals surface area contributed by atoms with E-state index < -0.39 is 11.6 Å². The van der Waals surface area contributed by atoms with Gasteiger partial charge in [-0.25, -0.2) is 4.79 Å². The van der Waals surface area contributed by atoms with Crippen LogP contribution in [0.4, 0.5) is 0 Å². The summed E-state index contributed by atoms with van der Waals surface area (Å²) < 4.78 is 10.1. The summed E-state index contributed by atoms with van der Waals surface area (Å²) in [4.78, 5) is 11.6. The number of epoxide rings is 1. The second-order valence-corrected chi connectivity index (χ2v) is 4.42. The summed E-state index contributed by atoms with van der Waals surface area (Å²) in [5, 5.41) is 10.3. The first-order valence-electron chi connectivity index (χ1n) is 5.13. The Bertz CT molecular complexity index is 301. The molecule has 0 amide bonds. The molecular formula is C11H16O4. The highest BCUT2D eigenvalue weighted by atomic mass is 16.6. The Kier molecular flexibility index (Phi) is 2.35. The molecule has 0 radical (unpaired) electrons. The van der Waals surface area contributed by atoms with Crippen LogP contribution < -0.4 is 0 Å². The van der Waals surface area contributed by atoms with Crippen LogP contribution in [0.3, 0.4) is 0 Å². The highest BCUT2D eigenvalue weighted by Gasteiger charge is 2.62. The molecule has 0 unspecified atom stereocenters. The van der Waals surface area contributed by atoms with E-state index in [2.05, 4.69) is 11.3 Å². The molecule has 2 fully saturated rings. The predicted molar refractivity (Wildman–Crippen MR) is 53.1 cm³/mol. The summed E-state index contributed by atoms with van der Waals surface area (Å²) in [5.41, 5.74) is -1.46. The quantitative estimate of drug-likeness (QED) is 0.411. The van der Waals surface area contributed by atoms with Crippen molar-refractivity contribution in [1.29, 1.82) is 0 Å². The zero-order valence-corrected chi connectivity index (χ0v) is 8.97. The molecule has 0 aromatic rings. The molecule has 0 bridgehead atoms. The number of hydrogen-bond donors (Lipinski definition) is 1. The van der Waals surface area contributed by atoms with Gasteiger partial charge in [-0.2, -0.15) is 0 Å². The second-order valence-electron chi connectivity index (χ2n) is 4.42. The fraction of sp³-hybridized carbons (Fsp3) is 0.727. The van der Waals surface area contributed by atoms with E-state index in [9.17, 15) is 9.90 Å². The number of hydrogen-bond acceptors (Lipinski definition) is 4. The van der Waals surface area contributed by atoms with E-state index in [4.69, 9.17) is 4.74 Å². The van der Waals surface area contributed by atoms with Gasteiger partial charge in [-0.1, -0.05) is 13.0 Å². The van der Waals surface area contributed by atoms with Crippen molar-refractivity contribution in [3.8, 4) is 0 Å². The molecule has 4 nitrogen and oxygen atoms in total. The Balaban J connectivity index is 2.27. The molecule has 0 aromatic carbocycles. The number of carbonyl (C=O) groups is 1. The average molecular weight is 212 g/mol. The number of rotatable bonds is 2. The van der Waals surface area contributed by atoms with Gasteiger partial charge in [0, 0.05) is 5.92 Å². The van der Waals surface area contributed by atoms with Gasteiger partial charge < -0.3 is 14.6 Å². The van der Waals surface area contributed by atoms with Gasteiger partial charge >= 0.3 is 5.97 Å². The van der Waals surface area contributed by atoms with Gasteiger partial charge in [0.25, 0.3) is 0 Å². The van der Waals surface area contributed by atoms with E-state index in [1.807, 2.05) is 6.92 Å². The lowest BCUT2D eigenvalue weighted by molar-refractivity contribution is -0.171. The summed E-state index contributed by atoms with van der Waals surface area (Å²) in [7, 11) is 1.28. The van der Waals surface area contributed by atoms with Crippen molar-refractivity contribution in [1.82, 2.24) is 0 Å². The monoisotopic (exact) mass is 212 g/mol. The van der Waals surface area contributed by atoms with Crippen molar-refractivity contribution >= 4 is 5.97 Å². The maximum atomic E-state index is 11.6. The molecule has 0 aromatic heterocycles. The van der Waals surface area contributed by atoms with Crippen LogP contribution in [-0.2, 0) is 14.3 Å². The van der Waals surface area contributed by atoms with Gasteiger partial charge in [0.15, 0.2) is 5.60 Å². The lowest BCUT2D eigenvalue weighted by Crippen LogP contribution is -2.52. The molecule has 1 saturated carbocycles. The lowest BCUT2D eigenvalue weighted by Gasteiger charge is -2.36. The van der Waals surface area contributed by atoms with Crippen LogP contribution in [0.15, 0.2) is 12.7 Å². The van der Waals surface area contributed by atoms with Crippen molar-refractivity contribution in [3.05, 3.63) is 12.7 Å². The molecule has 2 aliphatic rings. The van der Waals surface area contributed by atoms with E-state index in [1.165, 1.54) is 7.11 Å². The molecule has 1 N–H and O–H groups in total. The number of ether oxygens (including phenoxy) is 2. The third-order valence-corrected chi connectivity index (χ3v) is 3.45. The largest absolute Gasteiger partial charge is 0.467 e. The summed E-state index contributed by atoms with van der Waals surface area (Å²) in [6.45, 7) is 5.62. The summed E-state index contributed by atoms with van der Waals surface area (Å²) in [6, 6.07) is 0. The van der Waals surface area contributed by atoms with Gasteiger partial charge in [-0.3, -0.25) is 0 Å². The predicted octanol–water partition coefficient (Wildman–Crippen LogP) is 0.500. The van der Waals surface area contributed by atoms with Gasteiger partial charge in [0.2, 0.25) is 0 Å².